The summed E-state index contributed by atoms with van der Waals surface area (Å²) < 4.78 is 91.1. The van der Waals surface area contributed by atoms with Gasteiger partial charge in [-0.15, -0.1) is 0 Å². The number of carbonyl (C=O) groups is 1. The highest BCUT2D eigenvalue weighted by atomic mass is 32.2. The van der Waals surface area contributed by atoms with Gasteiger partial charge in [0, 0.05) is 17.5 Å². The van der Waals surface area contributed by atoms with Crippen molar-refractivity contribution in [1.29, 1.82) is 0 Å². The molecule has 0 fully saturated rings. The second kappa shape index (κ2) is 8.43. The van der Waals surface area contributed by atoms with Crippen LogP contribution in [0.3, 0.4) is 0 Å². The number of nitrogens with one attached hydrogen (secondary N) is 1. The Balaban J connectivity index is 1.90. The van der Waals surface area contributed by atoms with Crippen LogP contribution in [0.25, 0.3) is 5.69 Å². The Labute approximate surface area is 185 Å². The second-order valence-electron chi connectivity index (χ2n) is 6.95. The highest BCUT2D eigenvalue weighted by Gasteiger charge is 2.40. The first-order chi connectivity index (χ1) is 15.2. The number of allylic oxidation sites excluding steroid dienone is 1. The zero-order valence-electron chi connectivity index (χ0n) is 16.9. The summed E-state index contributed by atoms with van der Waals surface area (Å²) in [5.74, 6) is -4.43. The summed E-state index contributed by atoms with van der Waals surface area (Å²) in [5.41, 5.74) is -2.40. The molecule has 12 heteroatoms. The van der Waals surface area contributed by atoms with Gasteiger partial charge in [0.1, 0.15) is 5.69 Å². The van der Waals surface area contributed by atoms with Gasteiger partial charge in [0.15, 0.2) is 15.5 Å². The van der Waals surface area contributed by atoms with Crippen molar-refractivity contribution in [1.82, 2.24) is 9.78 Å². The van der Waals surface area contributed by atoms with Crippen LogP contribution >= 0.6 is 0 Å². The van der Waals surface area contributed by atoms with Crippen molar-refractivity contribution in [3.63, 3.8) is 0 Å². The lowest BCUT2D eigenvalue weighted by Crippen LogP contribution is -2.16. The molecule has 2 aromatic carbocycles. The molecule has 0 aliphatic rings. The molecule has 0 saturated carbocycles. The van der Waals surface area contributed by atoms with E-state index in [4.69, 9.17) is 0 Å². The zero-order chi connectivity index (χ0) is 24.6. The van der Waals surface area contributed by atoms with Gasteiger partial charge in [-0.3, -0.25) is 4.79 Å². The fourth-order valence-corrected chi connectivity index (χ4v) is 3.48. The van der Waals surface area contributed by atoms with Crippen molar-refractivity contribution in [3.8, 4) is 5.69 Å². The Bertz CT molecular complexity index is 1310. The van der Waals surface area contributed by atoms with Gasteiger partial charge in [0.05, 0.1) is 10.6 Å². The van der Waals surface area contributed by atoms with E-state index in [-0.39, 0.29) is 34.0 Å². The first-order valence-corrected chi connectivity index (χ1v) is 11.0. The number of benzene rings is 2. The summed E-state index contributed by atoms with van der Waals surface area (Å²) >= 11 is 0. The number of hydrogen-bond donors (Lipinski definition) is 1. The van der Waals surface area contributed by atoms with Gasteiger partial charge in [0.25, 0.3) is 5.91 Å². The smallest absolute Gasteiger partial charge is 0.322 e. The molecule has 1 amide bonds. The highest BCUT2D eigenvalue weighted by Crippen LogP contribution is 2.36. The van der Waals surface area contributed by atoms with E-state index in [1.807, 2.05) is 0 Å². The Morgan fingerprint density at radius 2 is 1.70 bits per heavy atom. The number of rotatable bonds is 6. The van der Waals surface area contributed by atoms with Crippen LogP contribution in [0, 0.1) is 0 Å². The molecule has 0 saturated heterocycles. The first kappa shape index (κ1) is 24.1. The number of aromatic nitrogens is 2. The molecular weight excluding hydrogens is 469 g/mol. The largest absolute Gasteiger partial charge is 0.435 e. The molecule has 174 valence electrons. The number of halogens is 5. The summed E-state index contributed by atoms with van der Waals surface area (Å²) in [6.45, 7) is 2.95. The van der Waals surface area contributed by atoms with Crippen LogP contribution in [-0.2, 0) is 21.9 Å². The van der Waals surface area contributed by atoms with E-state index in [9.17, 15) is 35.2 Å². The lowest BCUT2D eigenvalue weighted by Gasteiger charge is -2.14. The van der Waals surface area contributed by atoms with Crippen molar-refractivity contribution in [2.75, 3.05) is 11.6 Å². The molecule has 33 heavy (non-hydrogen) atoms. The van der Waals surface area contributed by atoms with Crippen LogP contribution < -0.4 is 5.32 Å². The molecule has 1 aromatic heterocycles. The predicted molar refractivity (Wildman–Crippen MR) is 110 cm³/mol. The number of alkyl halides is 5. The molecule has 3 aromatic rings. The third-order valence-corrected chi connectivity index (χ3v) is 5.60. The van der Waals surface area contributed by atoms with Gasteiger partial charge in [-0.05, 0) is 54.6 Å². The van der Waals surface area contributed by atoms with E-state index in [0.29, 0.717) is 4.68 Å². The van der Waals surface area contributed by atoms with Crippen LogP contribution in [0.1, 0.15) is 21.7 Å². The normalized spacial score (nSPS) is 12.4. The summed E-state index contributed by atoms with van der Waals surface area (Å²) in [6, 6.07) is 10.5. The van der Waals surface area contributed by atoms with Gasteiger partial charge in [-0.2, -0.15) is 27.1 Å². The van der Waals surface area contributed by atoms with Crippen LogP contribution in [-0.4, -0.2) is 30.4 Å². The molecule has 0 bridgehead atoms. The van der Waals surface area contributed by atoms with Crippen molar-refractivity contribution in [2.24, 2.45) is 0 Å². The van der Waals surface area contributed by atoms with Crippen LogP contribution in [0.15, 0.2) is 72.1 Å². The quantitative estimate of drug-likeness (QED) is 0.401. The van der Waals surface area contributed by atoms with E-state index < -0.39 is 39.2 Å². The van der Waals surface area contributed by atoms with Crippen molar-refractivity contribution in [2.45, 2.75) is 17.0 Å². The van der Waals surface area contributed by atoms with E-state index in [2.05, 4.69) is 17.0 Å². The third-order valence-electron chi connectivity index (χ3n) is 4.49. The standard InChI is InChI=1S/C21H16F5N3O3S/c1-3-20(22,23)18-12-17(21(24,25)26)28-29(18)15-9-7-14(8-10-15)27-19(30)13-5-4-6-16(11-13)33(2,31)32/h3-12H,1H2,2H3,(H,27,30). The number of anilines is 1. The molecule has 0 atom stereocenters. The molecule has 0 radical (unpaired) electrons. The topological polar surface area (TPSA) is 81.1 Å². The van der Waals surface area contributed by atoms with Crippen molar-refractivity contribution >= 4 is 21.4 Å². The van der Waals surface area contributed by atoms with Crippen molar-refractivity contribution in [3.05, 3.63) is 84.2 Å². The molecule has 1 N–H and O–H groups in total. The van der Waals surface area contributed by atoms with E-state index in [0.717, 1.165) is 6.26 Å². The minimum atomic E-state index is -4.94. The summed E-state index contributed by atoms with van der Waals surface area (Å²) in [7, 11) is -3.53. The number of hydrogen-bond acceptors (Lipinski definition) is 4. The minimum absolute atomic E-state index is 0.0526. The number of nitrogens with zero attached hydrogens (tertiary/aromatic N) is 2. The molecule has 0 aliphatic carbocycles. The zero-order valence-corrected chi connectivity index (χ0v) is 17.7. The highest BCUT2D eigenvalue weighted by molar-refractivity contribution is 7.90. The lowest BCUT2D eigenvalue weighted by molar-refractivity contribution is -0.141. The third kappa shape index (κ3) is 5.28. The maximum absolute atomic E-state index is 14.1. The Morgan fingerprint density at radius 3 is 2.24 bits per heavy atom. The van der Waals surface area contributed by atoms with Crippen molar-refractivity contribution < 1.29 is 35.2 Å². The molecular formula is C21H16F5N3O3S. The maximum atomic E-state index is 14.1. The minimum Gasteiger partial charge on any atom is -0.322 e. The monoisotopic (exact) mass is 485 g/mol. The SMILES string of the molecule is C=CC(F)(F)c1cc(C(F)(F)F)nn1-c1ccc(NC(=O)c2cccc(S(C)(=O)=O)c2)cc1. The number of sulfone groups is 1. The molecule has 0 aliphatic heterocycles. The van der Waals surface area contributed by atoms with Gasteiger partial charge in [0.2, 0.25) is 0 Å². The number of amides is 1. The van der Waals surface area contributed by atoms with Gasteiger partial charge < -0.3 is 5.32 Å². The maximum Gasteiger partial charge on any atom is 0.435 e. The summed E-state index contributed by atoms with van der Waals surface area (Å²) in [5, 5.41) is 5.75. The molecule has 3 rings (SSSR count). The second-order valence-corrected chi connectivity index (χ2v) is 8.97. The predicted octanol–water partition coefficient (Wildman–Crippen LogP) is 4.82. The average Bonchev–Trinajstić information content (AvgIpc) is 3.21. The van der Waals surface area contributed by atoms with E-state index in [1.165, 1.54) is 48.5 Å². The van der Waals surface area contributed by atoms with E-state index >= 15 is 0 Å². The Morgan fingerprint density at radius 1 is 1.06 bits per heavy atom. The lowest BCUT2D eigenvalue weighted by atomic mass is 10.2. The molecule has 6 nitrogen and oxygen atoms in total. The molecule has 1 heterocycles. The fraction of sp³-hybridized carbons (Fsp3) is 0.143. The first-order valence-electron chi connectivity index (χ1n) is 9.13. The fourth-order valence-electron chi connectivity index (χ4n) is 2.82. The molecule has 0 spiro atoms. The van der Waals surface area contributed by atoms with E-state index in [1.54, 1.807) is 0 Å². The van der Waals surface area contributed by atoms with Gasteiger partial charge in [-0.1, -0.05) is 12.6 Å². The summed E-state index contributed by atoms with van der Waals surface area (Å²) in [6.07, 6.45) is -3.74. The van der Waals surface area contributed by atoms with Crippen LogP contribution in [0.2, 0.25) is 0 Å². The van der Waals surface area contributed by atoms with Gasteiger partial charge in [-0.25, -0.2) is 13.1 Å². The Kier molecular flexibility index (Phi) is 6.16. The number of carbonyl (C=O) groups excluding carboxylic acids is 1. The van der Waals surface area contributed by atoms with Crippen LogP contribution in [0.5, 0.6) is 0 Å². The summed E-state index contributed by atoms with van der Waals surface area (Å²) in [4.78, 5) is 12.4. The Hall–Kier alpha value is -3.54. The van der Waals surface area contributed by atoms with Crippen LogP contribution in [0.4, 0.5) is 27.6 Å². The van der Waals surface area contributed by atoms with Gasteiger partial charge >= 0.3 is 12.1 Å². The molecule has 0 unspecified atom stereocenters. The average molecular weight is 485 g/mol.